The molecule has 2 saturated heterocycles. The highest BCUT2D eigenvalue weighted by molar-refractivity contribution is 5.66. The Kier molecular flexibility index (Phi) is 5.52. The number of hydrogen-bond acceptors (Lipinski definition) is 5. The van der Waals surface area contributed by atoms with Crippen molar-refractivity contribution >= 4 is 5.97 Å². The number of hydrogen-bond donors (Lipinski definition) is 2. The first-order valence-electron chi connectivity index (χ1n) is 10.4. The first-order valence-corrected chi connectivity index (χ1v) is 10.4. The second-order valence-corrected chi connectivity index (χ2v) is 9.81. The molecule has 5 nitrogen and oxygen atoms in total. The molecule has 2 bridgehead atoms. The third-order valence-electron chi connectivity index (χ3n) is 7.30. The Hall–Kier alpha value is -0.910. The molecule has 27 heavy (non-hydrogen) atoms. The molecule has 0 aromatic carbocycles. The van der Waals surface area contributed by atoms with Crippen LogP contribution in [-0.4, -0.2) is 45.7 Å². The summed E-state index contributed by atoms with van der Waals surface area (Å²) in [7, 11) is 0. The highest BCUT2D eigenvalue weighted by Crippen LogP contribution is 2.54. The minimum atomic E-state index is -1.23. The van der Waals surface area contributed by atoms with Gasteiger partial charge in [0.05, 0.1) is 17.8 Å². The summed E-state index contributed by atoms with van der Waals surface area (Å²) in [5, 5.41) is 21.5. The van der Waals surface area contributed by atoms with E-state index in [1.165, 1.54) is 12.5 Å². The van der Waals surface area contributed by atoms with Gasteiger partial charge in [0.15, 0.2) is 0 Å². The lowest BCUT2D eigenvalue weighted by Crippen LogP contribution is -2.51. The quantitative estimate of drug-likeness (QED) is 0.568. The van der Waals surface area contributed by atoms with Gasteiger partial charge in [-0.05, 0) is 51.9 Å². The number of aliphatic hydroxyl groups is 2. The van der Waals surface area contributed by atoms with Crippen molar-refractivity contribution in [2.24, 2.45) is 23.7 Å². The van der Waals surface area contributed by atoms with Crippen LogP contribution < -0.4 is 0 Å². The highest BCUT2D eigenvalue weighted by Gasteiger charge is 2.59. The summed E-state index contributed by atoms with van der Waals surface area (Å²) in [5.41, 5.74) is -0.743. The fourth-order valence-electron chi connectivity index (χ4n) is 5.80. The van der Waals surface area contributed by atoms with Crippen LogP contribution >= 0.6 is 0 Å². The van der Waals surface area contributed by atoms with Gasteiger partial charge in [0.1, 0.15) is 11.7 Å². The molecule has 0 spiro atoms. The number of ether oxygens (including phenoxy) is 2. The second-order valence-electron chi connectivity index (χ2n) is 9.81. The lowest BCUT2D eigenvalue weighted by Gasteiger charge is -2.44. The van der Waals surface area contributed by atoms with E-state index in [1.807, 2.05) is 6.92 Å². The molecule has 0 aromatic heterocycles. The van der Waals surface area contributed by atoms with Crippen molar-refractivity contribution in [2.45, 2.75) is 96.7 Å². The van der Waals surface area contributed by atoms with Crippen LogP contribution in [0.4, 0.5) is 0 Å². The first-order chi connectivity index (χ1) is 12.5. The predicted molar refractivity (Wildman–Crippen MR) is 103 cm³/mol. The van der Waals surface area contributed by atoms with Gasteiger partial charge in [0, 0.05) is 25.2 Å². The average molecular weight is 381 g/mol. The molecule has 2 N–H and O–H groups in total. The SMILES string of the molecule is CC(=O)OC1(C)CCC(O)C(C)(O)CC2OC1C1C(C(C)C)CC=C(C)C21. The van der Waals surface area contributed by atoms with E-state index in [0.29, 0.717) is 31.1 Å². The van der Waals surface area contributed by atoms with E-state index in [9.17, 15) is 15.0 Å². The monoisotopic (exact) mass is 380 g/mol. The summed E-state index contributed by atoms with van der Waals surface area (Å²) >= 11 is 0. The molecule has 154 valence electrons. The van der Waals surface area contributed by atoms with Crippen molar-refractivity contribution in [2.75, 3.05) is 0 Å². The summed E-state index contributed by atoms with van der Waals surface area (Å²) in [4.78, 5) is 11.9. The van der Waals surface area contributed by atoms with Crippen molar-refractivity contribution in [3.63, 3.8) is 0 Å². The molecular weight excluding hydrogens is 344 g/mol. The molecule has 0 radical (unpaired) electrons. The van der Waals surface area contributed by atoms with Crippen LogP contribution in [0.15, 0.2) is 11.6 Å². The number of aliphatic hydroxyl groups excluding tert-OH is 1. The molecule has 0 aromatic rings. The first kappa shape index (κ1) is 20.8. The highest BCUT2D eigenvalue weighted by atomic mass is 16.6. The van der Waals surface area contributed by atoms with Gasteiger partial charge in [-0.1, -0.05) is 25.5 Å². The molecule has 8 atom stereocenters. The van der Waals surface area contributed by atoms with E-state index < -0.39 is 17.3 Å². The zero-order valence-electron chi connectivity index (χ0n) is 17.6. The van der Waals surface area contributed by atoms with Crippen molar-refractivity contribution in [1.82, 2.24) is 0 Å². The van der Waals surface area contributed by atoms with Crippen LogP contribution in [0.5, 0.6) is 0 Å². The van der Waals surface area contributed by atoms with E-state index in [4.69, 9.17) is 9.47 Å². The number of fused-ring (bicyclic) bond motifs is 5. The molecule has 1 aliphatic carbocycles. The van der Waals surface area contributed by atoms with Gasteiger partial charge in [0.2, 0.25) is 0 Å². The number of allylic oxidation sites excluding steroid dienone is 1. The maximum atomic E-state index is 11.9. The molecule has 2 heterocycles. The molecular formula is C22H36O5. The van der Waals surface area contributed by atoms with Crippen LogP contribution in [0, 0.1) is 23.7 Å². The minimum absolute atomic E-state index is 0.183. The zero-order chi connectivity index (χ0) is 20.1. The number of carbonyl (C=O) groups is 1. The second kappa shape index (κ2) is 7.16. The number of rotatable bonds is 2. The predicted octanol–water partition coefficient (Wildman–Crippen LogP) is 3.23. The van der Waals surface area contributed by atoms with Gasteiger partial charge in [-0.3, -0.25) is 4.79 Å². The maximum absolute atomic E-state index is 11.9. The summed E-state index contributed by atoms with van der Waals surface area (Å²) < 4.78 is 12.4. The van der Waals surface area contributed by atoms with E-state index >= 15 is 0 Å². The Morgan fingerprint density at radius 3 is 2.63 bits per heavy atom. The van der Waals surface area contributed by atoms with Gasteiger partial charge < -0.3 is 19.7 Å². The molecule has 2 aliphatic heterocycles. The standard InChI is InChI=1S/C22H36O5/c1-12(2)15-8-7-13(3)18-16-11-21(5,25)17(24)9-10-22(6,27-14(4)23)20(26-16)19(15)18/h7,12,15-20,24-25H,8-11H2,1-6H3. The van der Waals surface area contributed by atoms with Crippen LogP contribution in [0.25, 0.3) is 0 Å². The molecule has 2 fully saturated rings. The Morgan fingerprint density at radius 2 is 2.04 bits per heavy atom. The van der Waals surface area contributed by atoms with Gasteiger partial charge in [0.25, 0.3) is 0 Å². The zero-order valence-corrected chi connectivity index (χ0v) is 17.6. The van der Waals surface area contributed by atoms with Crippen LogP contribution in [0.1, 0.15) is 67.2 Å². The Bertz CT molecular complexity index is 610. The molecule has 8 unspecified atom stereocenters. The van der Waals surface area contributed by atoms with E-state index in [0.717, 1.165) is 6.42 Å². The fraction of sp³-hybridized carbons (Fsp3) is 0.864. The van der Waals surface area contributed by atoms with E-state index in [-0.39, 0.29) is 30.0 Å². The van der Waals surface area contributed by atoms with E-state index in [1.54, 1.807) is 6.92 Å². The Balaban J connectivity index is 2.09. The number of carbonyl (C=O) groups excluding carboxylic acids is 1. The molecule has 3 aliphatic rings. The lowest BCUT2D eigenvalue weighted by molar-refractivity contribution is -0.179. The van der Waals surface area contributed by atoms with Gasteiger partial charge in [-0.15, -0.1) is 0 Å². The normalized spacial score (nSPS) is 47.5. The van der Waals surface area contributed by atoms with Crippen molar-refractivity contribution < 1.29 is 24.5 Å². The van der Waals surface area contributed by atoms with E-state index in [2.05, 4.69) is 26.8 Å². The van der Waals surface area contributed by atoms with Gasteiger partial charge in [-0.2, -0.15) is 0 Å². The lowest BCUT2D eigenvalue weighted by atomic mass is 9.62. The third kappa shape index (κ3) is 3.70. The third-order valence-corrected chi connectivity index (χ3v) is 7.30. The topological polar surface area (TPSA) is 76.0 Å². The summed E-state index contributed by atoms with van der Waals surface area (Å²) in [6.45, 7) is 11.7. The van der Waals surface area contributed by atoms with Gasteiger partial charge in [-0.25, -0.2) is 0 Å². The molecule has 0 saturated carbocycles. The Labute approximate surface area is 163 Å². The molecule has 0 amide bonds. The number of esters is 1. The van der Waals surface area contributed by atoms with Gasteiger partial charge >= 0.3 is 5.97 Å². The average Bonchev–Trinajstić information content (AvgIpc) is 2.92. The Morgan fingerprint density at radius 1 is 1.37 bits per heavy atom. The van der Waals surface area contributed by atoms with Crippen LogP contribution in [0.3, 0.4) is 0 Å². The van der Waals surface area contributed by atoms with Crippen molar-refractivity contribution in [1.29, 1.82) is 0 Å². The summed E-state index contributed by atoms with van der Waals surface area (Å²) in [6.07, 6.45) is 3.27. The fourth-order valence-corrected chi connectivity index (χ4v) is 5.80. The smallest absolute Gasteiger partial charge is 0.303 e. The maximum Gasteiger partial charge on any atom is 0.303 e. The largest absolute Gasteiger partial charge is 0.457 e. The van der Waals surface area contributed by atoms with Crippen molar-refractivity contribution in [3.05, 3.63) is 11.6 Å². The molecule has 3 rings (SSSR count). The summed E-state index contributed by atoms with van der Waals surface area (Å²) in [5.74, 6) is 1.03. The van der Waals surface area contributed by atoms with Crippen molar-refractivity contribution in [3.8, 4) is 0 Å². The molecule has 5 heteroatoms. The summed E-state index contributed by atoms with van der Waals surface area (Å²) in [6, 6.07) is 0. The van der Waals surface area contributed by atoms with Crippen LogP contribution in [0.2, 0.25) is 0 Å². The minimum Gasteiger partial charge on any atom is -0.457 e. The van der Waals surface area contributed by atoms with Crippen LogP contribution in [-0.2, 0) is 14.3 Å².